The molecule has 2 rings (SSSR count). The van der Waals surface area contributed by atoms with Crippen molar-refractivity contribution in [3.63, 3.8) is 0 Å². The van der Waals surface area contributed by atoms with Crippen LogP contribution in [0.1, 0.15) is 38.3 Å². The number of aromatic nitrogens is 1. The molecule has 0 bridgehead atoms. The summed E-state index contributed by atoms with van der Waals surface area (Å²) in [7, 11) is 0. The van der Waals surface area contributed by atoms with Crippen LogP contribution in [0.4, 0.5) is 5.82 Å². The van der Waals surface area contributed by atoms with Crippen molar-refractivity contribution in [1.82, 2.24) is 4.98 Å². The van der Waals surface area contributed by atoms with E-state index in [-0.39, 0.29) is 0 Å². The molecule has 0 aliphatic carbocycles. The van der Waals surface area contributed by atoms with E-state index in [1.165, 1.54) is 16.5 Å². The lowest BCUT2D eigenvalue weighted by Gasteiger charge is -2.13. The predicted molar refractivity (Wildman–Crippen MR) is 87.0 cm³/mol. The molecule has 0 unspecified atom stereocenters. The number of nitrogens with one attached hydrogen (secondary N) is 1. The highest BCUT2D eigenvalue weighted by Crippen LogP contribution is 2.27. The molecule has 0 atom stereocenters. The summed E-state index contributed by atoms with van der Waals surface area (Å²) in [6.45, 7) is 7.51. The summed E-state index contributed by atoms with van der Waals surface area (Å²) in [5, 5.41) is 4.68. The van der Waals surface area contributed by atoms with Gasteiger partial charge in [0.1, 0.15) is 5.82 Å². The zero-order chi connectivity index (χ0) is 13.8. The summed E-state index contributed by atoms with van der Waals surface area (Å²) in [6.07, 6.45) is 3.12. The normalized spacial score (nSPS) is 10.9. The molecule has 0 radical (unpaired) electrons. The average molecular weight is 321 g/mol. The van der Waals surface area contributed by atoms with Crippen LogP contribution in [-0.2, 0) is 12.8 Å². The Bertz CT molecular complexity index is 578. The number of hydrogen-bond donors (Lipinski definition) is 1. The molecule has 0 fully saturated rings. The van der Waals surface area contributed by atoms with Crippen molar-refractivity contribution in [2.45, 2.75) is 40.0 Å². The van der Waals surface area contributed by atoms with E-state index in [0.717, 1.165) is 41.6 Å². The summed E-state index contributed by atoms with van der Waals surface area (Å²) in [5.74, 6) is 1.05. The maximum Gasteiger partial charge on any atom is 0.129 e. The molecule has 1 aromatic heterocycles. The molecule has 102 valence electrons. The second-order valence-electron chi connectivity index (χ2n) is 4.77. The zero-order valence-electron chi connectivity index (χ0n) is 11.9. The Balaban J connectivity index is 2.60. The van der Waals surface area contributed by atoms with Gasteiger partial charge in [-0.1, -0.05) is 36.7 Å². The van der Waals surface area contributed by atoms with E-state index in [2.05, 4.69) is 60.2 Å². The van der Waals surface area contributed by atoms with Crippen LogP contribution in [0.5, 0.6) is 0 Å². The van der Waals surface area contributed by atoms with E-state index in [1.807, 2.05) is 0 Å². The molecule has 1 N–H and O–H groups in total. The van der Waals surface area contributed by atoms with Gasteiger partial charge in [-0.15, -0.1) is 0 Å². The highest BCUT2D eigenvalue weighted by molar-refractivity contribution is 9.10. The Morgan fingerprint density at radius 1 is 1.05 bits per heavy atom. The molecule has 0 spiro atoms. The van der Waals surface area contributed by atoms with Gasteiger partial charge in [-0.25, -0.2) is 4.98 Å². The second kappa shape index (κ2) is 6.38. The lowest BCUT2D eigenvalue weighted by molar-refractivity contribution is 0.961. The van der Waals surface area contributed by atoms with Gasteiger partial charge in [-0.05, 0) is 48.6 Å². The van der Waals surface area contributed by atoms with Crippen molar-refractivity contribution in [1.29, 1.82) is 0 Å². The van der Waals surface area contributed by atoms with Gasteiger partial charge in [0, 0.05) is 16.4 Å². The SMILES string of the molecule is CCCNc1nc2c(CC)cc(Br)cc2cc1CC. The monoisotopic (exact) mass is 320 g/mol. The molecule has 1 heterocycles. The van der Waals surface area contributed by atoms with Crippen molar-refractivity contribution < 1.29 is 0 Å². The minimum absolute atomic E-state index is 0.976. The summed E-state index contributed by atoms with van der Waals surface area (Å²) in [5.41, 5.74) is 3.72. The van der Waals surface area contributed by atoms with Crippen LogP contribution in [0.15, 0.2) is 22.7 Å². The van der Waals surface area contributed by atoms with E-state index in [1.54, 1.807) is 0 Å². The highest BCUT2D eigenvalue weighted by atomic mass is 79.9. The van der Waals surface area contributed by atoms with Gasteiger partial charge >= 0.3 is 0 Å². The predicted octanol–water partition coefficient (Wildman–Crippen LogP) is 4.94. The number of anilines is 1. The lowest BCUT2D eigenvalue weighted by atomic mass is 10.0. The third kappa shape index (κ3) is 3.08. The summed E-state index contributed by atoms with van der Waals surface area (Å²) >= 11 is 3.59. The van der Waals surface area contributed by atoms with E-state index in [4.69, 9.17) is 4.98 Å². The van der Waals surface area contributed by atoms with Crippen LogP contribution in [0.3, 0.4) is 0 Å². The lowest BCUT2D eigenvalue weighted by Crippen LogP contribution is -2.06. The van der Waals surface area contributed by atoms with E-state index >= 15 is 0 Å². The average Bonchev–Trinajstić information content (AvgIpc) is 2.43. The van der Waals surface area contributed by atoms with Gasteiger partial charge < -0.3 is 5.32 Å². The molecule has 19 heavy (non-hydrogen) atoms. The molecule has 0 amide bonds. The Morgan fingerprint density at radius 2 is 1.79 bits per heavy atom. The van der Waals surface area contributed by atoms with Gasteiger partial charge in [0.25, 0.3) is 0 Å². The van der Waals surface area contributed by atoms with Gasteiger partial charge in [-0.2, -0.15) is 0 Å². The molecule has 2 nitrogen and oxygen atoms in total. The molecular formula is C16H21BrN2. The first-order chi connectivity index (χ1) is 9.19. The van der Waals surface area contributed by atoms with Gasteiger partial charge in [-0.3, -0.25) is 0 Å². The molecule has 2 aromatic rings. The van der Waals surface area contributed by atoms with Crippen molar-refractivity contribution in [2.24, 2.45) is 0 Å². The zero-order valence-corrected chi connectivity index (χ0v) is 13.5. The number of aryl methyl sites for hydroxylation is 2. The number of hydrogen-bond acceptors (Lipinski definition) is 2. The second-order valence-corrected chi connectivity index (χ2v) is 5.68. The number of nitrogens with zero attached hydrogens (tertiary/aromatic N) is 1. The summed E-state index contributed by atoms with van der Waals surface area (Å²) in [4.78, 5) is 4.86. The first kappa shape index (κ1) is 14.3. The molecule has 3 heteroatoms. The van der Waals surface area contributed by atoms with E-state index in [9.17, 15) is 0 Å². The third-order valence-electron chi connectivity index (χ3n) is 3.34. The highest BCUT2D eigenvalue weighted by Gasteiger charge is 2.09. The fraction of sp³-hybridized carbons (Fsp3) is 0.438. The Labute approximate surface area is 123 Å². The molecule has 1 aromatic carbocycles. The fourth-order valence-electron chi connectivity index (χ4n) is 2.30. The fourth-order valence-corrected chi connectivity index (χ4v) is 2.82. The topological polar surface area (TPSA) is 24.9 Å². The largest absolute Gasteiger partial charge is 0.370 e. The van der Waals surface area contributed by atoms with Crippen LogP contribution in [0.25, 0.3) is 10.9 Å². The standard InChI is InChI=1S/C16H21BrN2/c1-4-7-18-16-12(6-3)8-13-10-14(17)9-11(5-2)15(13)19-16/h8-10H,4-7H2,1-3H3,(H,18,19). The van der Waals surface area contributed by atoms with E-state index < -0.39 is 0 Å². The Kier molecular flexibility index (Phi) is 4.81. The number of benzene rings is 1. The minimum atomic E-state index is 0.976. The van der Waals surface area contributed by atoms with Crippen molar-refractivity contribution in [2.75, 3.05) is 11.9 Å². The van der Waals surface area contributed by atoms with Crippen LogP contribution in [-0.4, -0.2) is 11.5 Å². The van der Waals surface area contributed by atoms with Crippen molar-refractivity contribution >= 4 is 32.7 Å². The summed E-state index contributed by atoms with van der Waals surface area (Å²) < 4.78 is 1.13. The number of pyridine rings is 1. The van der Waals surface area contributed by atoms with Crippen molar-refractivity contribution in [3.8, 4) is 0 Å². The number of fused-ring (bicyclic) bond motifs is 1. The quantitative estimate of drug-likeness (QED) is 0.843. The van der Waals surface area contributed by atoms with Gasteiger partial charge in [0.2, 0.25) is 0 Å². The first-order valence-electron chi connectivity index (χ1n) is 7.05. The minimum Gasteiger partial charge on any atom is -0.370 e. The van der Waals surface area contributed by atoms with Crippen LogP contribution < -0.4 is 5.32 Å². The molecule has 0 saturated carbocycles. The Hall–Kier alpha value is -1.09. The number of rotatable bonds is 5. The first-order valence-corrected chi connectivity index (χ1v) is 7.84. The smallest absolute Gasteiger partial charge is 0.129 e. The van der Waals surface area contributed by atoms with Crippen LogP contribution in [0, 0.1) is 0 Å². The Morgan fingerprint density at radius 3 is 2.42 bits per heavy atom. The summed E-state index contributed by atoms with van der Waals surface area (Å²) in [6, 6.07) is 6.60. The maximum absolute atomic E-state index is 4.86. The third-order valence-corrected chi connectivity index (χ3v) is 3.80. The molecular weight excluding hydrogens is 300 g/mol. The molecule has 0 aliphatic rings. The van der Waals surface area contributed by atoms with Crippen molar-refractivity contribution in [3.05, 3.63) is 33.8 Å². The van der Waals surface area contributed by atoms with Gasteiger partial charge in [0.05, 0.1) is 5.52 Å². The van der Waals surface area contributed by atoms with Gasteiger partial charge in [0.15, 0.2) is 0 Å². The maximum atomic E-state index is 4.86. The van der Waals surface area contributed by atoms with Crippen LogP contribution >= 0.6 is 15.9 Å². The number of halogens is 1. The molecule has 0 saturated heterocycles. The van der Waals surface area contributed by atoms with Crippen LogP contribution in [0.2, 0.25) is 0 Å². The van der Waals surface area contributed by atoms with E-state index in [0.29, 0.717) is 0 Å². The molecule has 0 aliphatic heterocycles.